The molecule has 2 radical (unpaired) electrons. The Bertz CT molecular complexity index is 371. The Morgan fingerprint density at radius 3 is 2.42 bits per heavy atom. The number of pyridine rings is 1. The SMILES string of the molecule is C=C(C)N(C)/N=C(\[CH-][CH2-])c1ccccn1.[CH3-].[V].[W].[Y]. The molecule has 1 aromatic heterocycles. The van der Waals surface area contributed by atoms with Crippen molar-refractivity contribution in [3.8, 4) is 0 Å². The summed E-state index contributed by atoms with van der Waals surface area (Å²) in [6.07, 6.45) is 3.41. The predicted octanol–water partition coefficient (Wildman–Crippen LogP) is 2.73. The second-order valence-corrected chi connectivity index (χ2v) is 3.16. The summed E-state index contributed by atoms with van der Waals surface area (Å²) in [5.74, 6) is 0. The second-order valence-electron chi connectivity index (χ2n) is 3.16. The van der Waals surface area contributed by atoms with Crippen LogP contribution in [0.4, 0.5) is 0 Å². The molecule has 102 valence electrons. The number of hydrazone groups is 1. The number of hydrogen-bond acceptors (Lipinski definition) is 3. The van der Waals surface area contributed by atoms with Gasteiger partial charge < -0.3 is 25.8 Å². The van der Waals surface area contributed by atoms with Gasteiger partial charge in [-0.1, -0.05) is 24.1 Å². The minimum atomic E-state index is 0. The molecule has 0 saturated heterocycles. The molecule has 1 aromatic rings. The third kappa shape index (κ3) is 10.0. The summed E-state index contributed by atoms with van der Waals surface area (Å²) in [5, 5.41) is 6.03. The Hall–Kier alpha value is 0.607. The smallest absolute Gasteiger partial charge is 0.0298 e. The van der Waals surface area contributed by atoms with E-state index >= 15 is 0 Å². The zero-order valence-electron chi connectivity index (χ0n) is 11.6. The van der Waals surface area contributed by atoms with Gasteiger partial charge >= 0.3 is 0 Å². The van der Waals surface area contributed by atoms with Crippen LogP contribution in [0.2, 0.25) is 0 Å². The molecule has 0 amide bonds. The quantitative estimate of drug-likeness (QED) is 0.334. The van der Waals surface area contributed by atoms with Crippen LogP contribution in [0.15, 0.2) is 41.8 Å². The topological polar surface area (TPSA) is 28.5 Å². The van der Waals surface area contributed by atoms with Gasteiger partial charge in [0.2, 0.25) is 0 Å². The fourth-order valence-electron chi connectivity index (χ4n) is 0.958. The summed E-state index contributed by atoms with van der Waals surface area (Å²) in [5.41, 5.74) is 2.41. The van der Waals surface area contributed by atoms with E-state index in [-0.39, 0.29) is 79.8 Å². The fourth-order valence-corrected chi connectivity index (χ4v) is 0.958. The van der Waals surface area contributed by atoms with Crippen molar-refractivity contribution >= 4 is 5.71 Å². The third-order valence-electron chi connectivity index (χ3n) is 1.93. The van der Waals surface area contributed by atoms with Gasteiger partial charge in [-0.2, -0.15) is 0 Å². The minimum absolute atomic E-state index is 0. The van der Waals surface area contributed by atoms with Crippen molar-refractivity contribution in [1.29, 1.82) is 0 Å². The summed E-state index contributed by atoms with van der Waals surface area (Å²) < 4.78 is 0. The first kappa shape index (κ1) is 27.9. The zero-order chi connectivity index (χ0) is 11.3. The van der Waals surface area contributed by atoms with Crippen molar-refractivity contribution < 1.29 is 72.3 Å². The molecular formula is C13H18N3VWY-3. The first-order valence-corrected chi connectivity index (χ1v) is 4.67. The molecule has 0 bridgehead atoms. The van der Waals surface area contributed by atoms with E-state index in [1.807, 2.05) is 32.2 Å². The van der Waals surface area contributed by atoms with Gasteiger partial charge in [0.05, 0.1) is 0 Å². The fraction of sp³-hybridized carbons (Fsp3) is 0.154. The van der Waals surface area contributed by atoms with Gasteiger partial charge in [0, 0.05) is 91.3 Å². The van der Waals surface area contributed by atoms with Crippen molar-refractivity contribution in [2.75, 3.05) is 7.05 Å². The Kier molecular flexibility index (Phi) is 22.0. The molecule has 0 aliphatic heterocycles. The first-order valence-electron chi connectivity index (χ1n) is 4.67. The van der Waals surface area contributed by atoms with Crippen molar-refractivity contribution in [3.05, 3.63) is 63.1 Å². The van der Waals surface area contributed by atoms with Gasteiger partial charge in [-0.25, -0.2) is 5.10 Å². The molecule has 0 aliphatic carbocycles. The van der Waals surface area contributed by atoms with E-state index in [9.17, 15) is 0 Å². The van der Waals surface area contributed by atoms with Crippen LogP contribution < -0.4 is 0 Å². The average Bonchev–Trinajstić information content (AvgIpc) is 2.26. The largest absolute Gasteiger partial charge is 0.410 e. The molecule has 0 saturated carbocycles. The molecule has 0 spiro atoms. The van der Waals surface area contributed by atoms with Gasteiger partial charge in [0.25, 0.3) is 0 Å². The van der Waals surface area contributed by atoms with Crippen molar-refractivity contribution in [1.82, 2.24) is 9.99 Å². The standard InChI is InChI=1S/C12H15N3.CH3.V.W.Y/c1-5-11(14-15(4)10(2)3)12-8-6-7-9-13-12;;;;/h5-9H,1-2H2,3-4H3;1H3;;;/q-2;-1;;;/b14-11+;;;;. The van der Waals surface area contributed by atoms with E-state index in [1.165, 1.54) is 0 Å². The van der Waals surface area contributed by atoms with Gasteiger partial charge in [-0.05, 0) is 13.0 Å². The summed E-state index contributed by atoms with van der Waals surface area (Å²) in [6, 6.07) is 5.68. The molecule has 19 heavy (non-hydrogen) atoms. The molecule has 0 atom stereocenters. The molecule has 0 N–H and O–H groups in total. The van der Waals surface area contributed by atoms with Crippen molar-refractivity contribution in [3.63, 3.8) is 0 Å². The number of rotatable bonds is 4. The summed E-state index contributed by atoms with van der Waals surface area (Å²) in [6.45, 7) is 9.41. The van der Waals surface area contributed by atoms with E-state index < -0.39 is 0 Å². The Balaban J connectivity index is -0.000000281. The number of allylic oxidation sites excluding steroid dienone is 1. The number of nitrogens with zero attached hydrogens (tertiary/aromatic N) is 3. The Morgan fingerprint density at radius 1 is 1.47 bits per heavy atom. The van der Waals surface area contributed by atoms with Crippen LogP contribution in [0.5, 0.6) is 0 Å². The van der Waals surface area contributed by atoms with E-state index in [4.69, 9.17) is 0 Å². The van der Waals surface area contributed by atoms with Gasteiger partial charge in [0.15, 0.2) is 0 Å². The Morgan fingerprint density at radius 2 is 2.05 bits per heavy atom. The zero-order valence-corrected chi connectivity index (χ0v) is 18.7. The second kappa shape index (κ2) is 15.0. The monoisotopic (exact) mass is 540 g/mol. The predicted molar refractivity (Wildman–Crippen MR) is 69.4 cm³/mol. The maximum atomic E-state index is 4.33. The Labute approximate surface area is 168 Å². The molecule has 0 aromatic carbocycles. The van der Waals surface area contributed by atoms with E-state index in [0.717, 1.165) is 17.1 Å². The molecule has 1 rings (SSSR count). The summed E-state index contributed by atoms with van der Waals surface area (Å²) in [4.78, 5) is 4.20. The average molecular weight is 540 g/mol. The van der Waals surface area contributed by atoms with Gasteiger partial charge in [-0.15, -0.1) is 6.07 Å². The van der Waals surface area contributed by atoms with Gasteiger partial charge in [-0.3, -0.25) is 5.01 Å². The molecule has 1 heterocycles. The van der Waals surface area contributed by atoms with Crippen LogP contribution in [-0.4, -0.2) is 22.8 Å². The van der Waals surface area contributed by atoms with Crippen molar-refractivity contribution in [2.24, 2.45) is 5.10 Å². The maximum Gasteiger partial charge on any atom is 0.0298 e. The van der Waals surface area contributed by atoms with E-state index in [0.29, 0.717) is 0 Å². The summed E-state index contributed by atoms with van der Waals surface area (Å²) >= 11 is 0. The molecule has 3 nitrogen and oxygen atoms in total. The number of hydrogen-bond donors (Lipinski definition) is 0. The van der Waals surface area contributed by atoms with Gasteiger partial charge in [0.1, 0.15) is 0 Å². The van der Waals surface area contributed by atoms with Crippen LogP contribution in [0.1, 0.15) is 12.6 Å². The van der Waals surface area contributed by atoms with Crippen molar-refractivity contribution in [2.45, 2.75) is 6.92 Å². The first-order chi connectivity index (χ1) is 7.15. The van der Waals surface area contributed by atoms with Crippen LogP contribution in [0, 0.1) is 20.8 Å². The van der Waals surface area contributed by atoms with Crippen LogP contribution in [0.25, 0.3) is 0 Å². The van der Waals surface area contributed by atoms with Crippen LogP contribution in [-0.2, 0) is 72.3 Å². The molecule has 0 unspecified atom stereocenters. The van der Waals surface area contributed by atoms with Crippen LogP contribution in [0.3, 0.4) is 0 Å². The van der Waals surface area contributed by atoms with Crippen LogP contribution >= 0.6 is 0 Å². The molecule has 0 aliphatic rings. The number of aromatic nitrogens is 1. The summed E-state index contributed by atoms with van der Waals surface area (Å²) in [7, 11) is 1.84. The van der Waals surface area contributed by atoms with E-state index in [1.54, 1.807) is 17.6 Å². The minimum Gasteiger partial charge on any atom is -0.410 e. The normalized spacial score (nSPS) is 8.68. The third-order valence-corrected chi connectivity index (χ3v) is 1.93. The maximum absolute atomic E-state index is 4.33. The molecule has 6 heteroatoms. The molecule has 0 fully saturated rings. The van der Waals surface area contributed by atoms with E-state index in [2.05, 4.69) is 23.6 Å². The molecular weight excluding hydrogens is 522 g/mol.